The van der Waals surface area contributed by atoms with E-state index in [0.717, 1.165) is 10.4 Å². The lowest BCUT2D eigenvalue weighted by Crippen LogP contribution is -2.25. The summed E-state index contributed by atoms with van der Waals surface area (Å²) in [6.07, 6.45) is 1.60. The first-order valence-electron chi connectivity index (χ1n) is 6.07. The van der Waals surface area contributed by atoms with E-state index in [1.807, 2.05) is 23.6 Å². The van der Waals surface area contributed by atoms with Gasteiger partial charge in [0.1, 0.15) is 5.52 Å². The van der Waals surface area contributed by atoms with Crippen molar-refractivity contribution in [2.75, 3.05) is 11.9 Å². The van der Waals surface area contributed by atoms with Crippen molar-refractivity contribution in [1.29, 1.82) is 0 Å². The molecule has 0 fully saturated rings. The molecule has 0 atom stereocenters. The second kappa shape index (κ2) is 4.94. The molecular weight excluding hydrogens is 272 g/mol. The second-order valence-electron chi connectivity index (χ2n) is 4.35. The number of hydrogen-bond acceptors (Lipinski definition) is 4. The Morgan fingerprint density at radius 3 is 2.85 bits per heavy atom. The zero-order valence-corrected chi connectivity index (χ0v) is 11.6. The number of amides is 1. The molecule has 3 aromatic rings. The van der Waals surface area contributed by atoms with Crippen molar-refractivity contribution in [3.63, 3.8) is 0 Å². The predicted molar refractivity (Wildman–Crippen MR) is 80.5 cm³/mol. The Morgan fingerprint density at radius 2 is 2.10 bits per heavy atom. The summed E-state index contributed by atoms with van der Waals surface area (Å²) in [5.74, 6) is -0.325. The van der Waals surface area contributed by atoms with E-state index in [2.05, 4.69) is 4.98 Å². The number of thiophene rings is 1. The molecule has 3 rings (SSSR count). The molecule has 2 heterocycles. The first-order valence-corrected chi connectivity index (χ1v) is 6.94. The van der Waals surface area contributed by atoms with Crippen molar-refractivity contribution >= 4 is 33.1 Å². The van der Waals surface area contributed by atoms with E-state index in [9.17, 15) is 9.90 Å². The van der Waals surface area contributed by atoms with Gasteiger partial charge >= 0.3 is 0 Å². The molecule has 5 heteroatoms. The molecular formula is C15H12N2O2S. The third-order valence-corrected chi connectivity index (χ3v) is 4.06. The van der Waals surface area contributed by atoms with Crippen molar-refractivity contribution in [2.24, 2.45) is 0 Å². The number of aromatic hydroxyl groups is 1. The lowest BCUT2D eigenvalue weighted by atomic mass is 10.1. The van der Waals surface area contributed by atoms with E-state index < -0.39 is 0 Å². The SMILES string of the molecule is CN(C(=O)c1ccc2cccnc2c1O)c1cccs1. The van der Waals surface area contributed by atoms with Crippen LogP contribution in [0.4, 0.5) is 5.00 Å². The van der Waals surface area contributed by atoms with Crippen LogP contribution in [0.1, 0.15) is 10.4 Å². The fourth-order valence-electron chi connectivity index (χ4n) is 2.04. The topological polar surface area (TPSA) is 53.4 Å². The van der Waals surface area contributed by atoms with Crippen LogP contribution in [-0.2, 0) is 0 Å². The van der Waals surface area contributed by atoms with E-state index in [-0.39, 0.29) is 17.2 Å². The molecule has 0 bridgehead atoms. The second-order valence-corrected chi connectivity index (χ2v) is 5.28. The van der Waals surface area contributed by atoms with E-state index in [1.165, 1.54) is 16.2 Å². The number of phenolic OH excluding ortho intramolecular Hbond substituents is 1. The van der Waals surface area contributed by atoms with Gasteiger partial charge in [0.15, 0.2) is 5.75 Å². The molecule has 0 spiro atoms. The molecule has 20 heavy (non-hydrogen) atoms. The standard InChI is InChI=1S/C15H12N2O2S/c1-17(12-5-3-9-20-12)15(19)11-7-6-10-4-2-8-16-13(10)14(11)18/h2-9,18H,1H3. The van der Waals surface area contributed by atoms with Crippen molar-refractivity contribution < 1.29 is 9.90 Å². The van der Waals surface area contributed by atoms with Crippen LogP contribution < -0.4 is 4.90 Å². The Morgan fingerprint density at radius 1 is 1.25 bits per heavy atom. The number of nitrogens with zero attached hydrogens (tertiary/aromatic N) is 2. The number of aromatic nitrogens is 1. The molecule has 0 unspecified atom stereocenters. The van der Waals surface area contributed by atoms with Crippen molar-refractivity contribution in [3.8, 4) is 5.75 Å². The normalized spacial score (nSPS) is 10.7. The zero-order valence-electron chi connectivity index (χ0n) is 10.8. The van der Waals surface area contributed by atoms with Gasteiger partial charge in [0.25, 0.3) is 5.91 Å². The van der Waals surface area contributed by atoms with Crippen molar-refractivity contribution in [1.82, 2.24) is 4.98 Å². The Hall–Kier alpha value is -2.40. The maximum Gasteiger partial charge on any atom is 0.262 e. The first kappa shape index (κ1) is 12.6. The monoisotopic (exact) mass is 284 g/mol. The summed E-state index contributed by atoms with van der Waals surface area (Å²) in [7, 11) is 1.69. The Balaban J connectivity index is 2.06. The maximum absolute atomic E-state index is 12.5. The summed E-state index contributed by atoms with van der Waals surface area (Å²) in [4.78, 5) is 18.1. The van der Waals surface area contributed by atoms with Gasteiger partial charge in [0.05, 0.1) is 10.6 Å². The number of fused-ring (bicyclic) bond motifs is 1. The number of benzene rings is 1. The highest BCUT2D eigenvalue weighted by atomic mass is 32.1. The fraction of sp³-hybridized carbons (Fsp3) is 0.0667. The molecule has 0 aliphatic carbocycles. The minimum absolute atomic E-state index is 0.0727. The molecule has 100 valence electrons. The number of phenols is 1. The minimum atomic E-state index is -0.252. The van der Waals surface area contributed by atoms with Gasteiger partial charge in [-0.1, -0.05) is 12.1 Å². The van der Waals surface area contributed by atoms with Crippen molar-refractivity contribution in [2.45, 2.75) is 0 Å². The number of carbonyl (C=O) groups excluding carboxylic acids is 1. The maximum atomic E-state index is 12.5. The highest BCUT2D eigenvalue weighted by Gasteiger charge is 2.19. The van der Waals surface area contributed by atoms with Gasteiger partial charge in [-0.2, -0.15) is 0 Å². The molecule has 0 saturated carbocycles. The summed E-state index contributed by atoms with van der Waals surface area (Å²) in [5, 5.41) is 13.8. The van der Waals surface area contributed by atoms with Crippen LogP contribution in [0.5, 0.6) is 5.75 Å². The van der Waals surface area contributed by atoms with Crippen LogP contribution in [-0.4, -0.2) is 23.0 Å². The number of pyridine rings is 1. The predicted octanol–water partition coefficient (Wildman–Crippen LogP) is 3.28. The summed E-state index contributed by atoms with van der Waals surface area (Å²) in [6.45, 7) is 0. The van der Waals surface area contributed by atoms with Crippen LogP contribution >= 0.6 is 11.3 Å². The number of anilines is 1. The van der Waals surface area contributed by atoms with Gasteiger partial charge in [-0.05, 0) is 29.6 Å². The molecule has 0 aliphatic rings. The van der Waals surface area contributed by atoms with Gasteiger partial charge in [0, 0.05) is 18.6 Å². The van der Waals surface area contributed by atoms with E-state index in [1.54, 1.807) is 31.4 Å². The third kappa shape index (κ3) is 2.02. The molecule has 1 N–H and O–H groups in total. The Kier molecular flexibility index (Phi) is 3.12. The molecule has 0 aliphatic heterocycles. The van der Waals surface area contributed by atoms with Gasteiger partial charge < -0.3 is 10.0 Å². The van der Waals surface area contributed by atoms with Crippen LogP contribution in [0.25, 0.3) is 10.9 Å². The lowest BCUT2D eigenvalue weighted by Gasteiger charge is -2.16. The van der Waals surface area contributed by atoms with E-state index >= 15 is 0 Å². The summed E-state index contributed by atoms with van der Waals surface area (Å²) in [6, 6.07) is 10.8. The van der Waals surface area contributed by atoms with Crippen LogP contribution in [0, 0.1) is 0 Å². The average molecular weight is 284 g/mol. The van der Waals surface area contributed by atoms with Gasteiger partial charge in [0.2, 0.25) is 0 Å². The highest BCUT2D eigenvalue weighted by molar-refractivity contribution is 7.14. The number of carbonyl (C=O) groups is 1. The van der Waals surface area contributed by atoms with Gasteiger partial charge in [-0.25, -0.2) is 0 Å². The molecule has 4 nitrogen and oxygen atoms in total. The molecule has 1 amide bonds. The van der Waals surface area contributed by atoms with Crippen LogP contribution in [0.15, 0.2) is 48.0 Å². The third-order valence-electron chi connectivity index (χ3n) is 3.12. The minimum Gasteiger partial charge on any atom is -0.505 e. The van der Waals surface area contributed by atoms with Gasteiger partial charge in [-0.3, -0.25) is 9.78 Å². The van der Waals surface area contributed by atoms with E-state index in [4.69, 9.17) is 0 Å². The summed E-state index contributed by atoms with van der Waals surface area (Å²) >= 11 is 1.47. The summed E-state index contributed by atoms with van der Waals surface area (Å²) < 4.78 is 0. The van der Waals surface area contributed by atoms with Crippen LogP contribution in [0.3, 0.4) is 0 Å². The average Bonchev–Trinajstić information content (AvgIpc) is 3.01. The van der Waals surface area contributed by atoms with E-state index in [0.29, 0.717) is 5.52 Å². The fourth-order valence-corrected chi connectivity index (χ4v) is 2.74. The summed E-state index contributed by atoms with van der Waals surface area (Å²) in [5.41, 5.74) is 0.699. The molecule has 2 aromatic heterocycles. The Bertz CT molecular complexity index is 769. The first-order chi connectivity index (χ1) is 9.68. The van der Waals surface area contributed by atoms with Gasteiger partial charge in [-0.15, -0.1) is 11.3 Å². The smallest absolute Gasteiger partial charge is 0.262 e. The molecule has 0 saturated heterocycles. The lowest BCUT2D eigenvalue weighted by molar-refractivity contribution is 0.0991. The van der Waals surface area contributed by atoms with Crippen LogP contribution in [0.2, 0.25) is 0 Å². The molecule has 1 aromatic carbocycles. The number of hydrogen-bond donors (Lipinski definition) is 1. The Labute approximate surface area is 119 Å². The highest BCUT2D eigenvalue weighted by Crippen LogP contribution is 2.29. The molecule has 0 radical (unpaired) electrons. The number of rotatable bonds is 2. The zero-order chi connectivity index (χ0) is 14.1. The van der Waals surface area contributed by atoms with Crippen molar-refractivity contribution in [3.05, 3.63) is 53.5 Å². The largest absolute Gasteiger partial charge is 0.505 e. The quantitative estimate of drug-likeness (QED) is 0.785.